The number of aromatic nitrogens is 1. The fourth-order valence-electron chi connectivity index (χ4n) is 1.99. The van der Waals surface area contributed by atoms with Gasteiger partial charge in [-0.3, -0.25) is 4.98 Å². The molecule has 0 aliphatic heterocycles. The summed E-state index contributed by atoms with van der Waals surface area (Å²) in [6.45, 7) is 0.853. The van der Waals surface area contributed by atoms with Crippen LogP contribution in [0.15, 0.2) is 30.5 Å². The number of carbonyl (C=O) groups is 1. The molecule has 4 heteroatoms. The normalized spacial score (nSPS) is 9.67. The standard InChI is InChI=1S/C17H14N2O2/c1-4-8-19(9-5-2)15-7-6-13-10-14(17(20)21-3)12-18-16(13)11-15/h1-2,6-7,10-12H,8-9H2,3H3. The maximum atomic E-state index is 11.5. The number of terminal acetylenes is 2. The highest BCUT2D eigenvalue weighted by Gasteiger charge is 2.09. The van der Waals surface area contributed by atoms with Gasteiger partial charge in [-0.1, -0.05) is 17.9 Å². The van der Waals surface area contributed by atoms with Gasteiger partial charge in [0, 0.05) is 17.3 Å². The Balaban J connectivity index is 2.41. The molecule has 0 spiro atoms. The first-order valence-electron chi connectivity index (χ1n) is 6.29. The van der Waals surface area contributed by atoms with Crippen molar-refractivity contribution < 1.29 is 9.53 Å². The number of benzene rings is 1. The molecule has 0 N–H and O–H groups in total. The Kier molecular flexibility index (Phi) is 4.43. The minimum absolute atomic E-state index is 0.408. The molecule has 0 saturated heterocycles. The number of ether oxygens (including phenoxy) is 1. The van der Waals surface area contributed by atoms with Crippen LogP contribution in [0.4, 0.5) is 5.69 Å². The highest BCUT2D eigenvalue weighted by molar-refractivity contribution is 5.94. The van der Waals surface area contributed by atoms with E-state index >= 15 is 0 Å². The maximum Gasteiger partial charge on any atom is 0.339 e. The molecule has 0 atom stereocenters. The van der Waals surface area contributed by atoms with Crippen molar-refractivity contribution in [2.45, 2.75) is 0 Å². The average Bonchev–Trinajstić information content (AvgIpc) is 2.53. The predicted molar refractivity (Wildman–Crippen MR) is 83.0 cm³/mol. The summed E-state index contributed by atoms with van der Waals surface area (Å²) in [4.78, 5) is 17.7. The Hall–Kier alpha value is -2.98. The van der Waals surface area contributed by atoms with Gasteiger partial charge in [-0.05, 0) is 18.2 Å². The third kappa shape index (κ3) is 3.13. The Morgan fingerprint density at radius 3 is 2.62 bits per heavy atom. The largest absolute Gasteiger partial charge is 0.465 e. The number of hydrogen-bond acceptors (Lipinski definition) is 4. The van der Waals surface area contributed by atoms with Gasteiger partial charge in [0.2, 0.25) is 0 Å². The summed E-state index contributed by atoms with van der Waals surface area (Å²) >= 11 is 0. The van der Waals surface area contributed by atoms with E-state index in [0.29, 0.717) is 18.7 Å². The van der Waals surface area contributed by atoms with Crippen LogP contribution < -0.4 is 4.90 Å². The van der Waals surface area contributed by atoms with Crippen molar-refractivity contribution in [3.63, 3.8) is 0 Å². The van der Waals surface area contributed by atoms with E-state index in [1.807, 2.05) is 23.1 Å². The van der Waals surface area contributed by atoms with Crippen LogP contribution in [-0.4, -0.2) is 31.2 Å². The number of rotatable bonds is 4. The van der Waals surface area contributed by atoms with Gasteiger partial charge in [0.25, 0.3) is 0 Å². The molecule has 2 aromatic rings. The fraction of sp³-hybridized carbons (Fsp3) is 0.176. The first-order chi connectivity index (χ1) is 10.2. The minimum Gasteiger partial charge on any atom is -0.465 e. The molecular weight excluding hydrogens is 264 g/mol. The smallest absolute Gasteiger partial charge is 0.339 e. The zero-order valence-corrected chi connectivity index (χ0v) is 11.7. The lowest BCUT2D eigenvalue weighted by atomic mass is 10.1. The second kappa shape index (κ2) is 6.45. The Morgan fingerprint density at radius 2 is 2.00 bits per heavy atom. The van der Waals surface area contributed by atoms with Crippen molar-refractivity contribution in [2.24, 2.45) is 0 Å². The molecule has 21 heavy (non-hydrogen) atoms. The summed E-state index contributed by atoms with van der Waals surface area (Å²) in [6, 6.07) is 7.42. The van der Waals surface area contributed by atoms with E-state index in [4.69, 9.17) is 12.8 Å². The first-order valence-corrected chi connectivity index (χ1v) is 6.29. The van der Waals surface area contributed by atoms with Crippen molar-refractivity contribution in [1.29, 1.82) is 0 Å². The number of anilines is 1. The zero-order chi connectivity index (χ0) is 15.2. The van der Waals surface area contributed by atoms with E-state index in [1.165, 1.54) is 13.3 Å². The number of nitrogens with zero attached hydrogens (tertiary/aromatic N) is 2. The van der Waals surface area contributed by atoms with Crippen molar-refractivity contribution in [1.82, 2.24) is 4.98 Å². The summed E-state index contributed by atoms with van der Waals surface area (Å²) in [5.41, 5.74) is 2.08. The number of hydrogen-bond donors (Lipinski definition) is 0. The molecule has 1 aromatic carbocycles. The fourth-order valence-corrected chi connectivity index (χ4v) is 1.99. The van der Waals surface area contributed by atoms with E-state index in [-0.39, 0.29) is 0 Å². The number of esters is 1. The second-order valence-electron chi connectivity index (χ2n) is 4.36. The molecule has 0 amide bonds. The number of carbonyl (C=O) groups excluding carboxylic acids is 1. The molecule has 0 saturated carbocycles. The summed E-state index contributed by atoms with van der Waals surface area (Å²) in [5, 5.41) is 0.850. The van der Waals surface area contributed by atoms with E-state index in [0.717, 1.165) is 16.6 Å². The molecule has 0 fully saturated rings. The number of pyridine rings is 1. The molecule has 104 valence electrons. The SMILES string of the molecule is C#CCN(CC#C)c1ccc2cc(C(=O)OC)cnc2c1. The zero-order valence-electron chi connectivity index (χ0n) is 11.7. The van der Waals surface area contributed by atoms with Crippen LogP contribution in [0.2, 0.25) is 0 Å². The van der Waals surface area contributed by atoms with E-state index < -0.39 is 5.97 Å². The highest BCUT2D eigenvalue weighted by atomic mass is 16.5. The van der Waals surface area contributed by atoms with Gasteiger partial charge < -0.3 is 9.64 Å². The minimum atomic E-state index is -0.408. The topological polar surface area (TPSA) is 42.4 Å². The van der Waals surface area contributed by atoms with Crippen molar-refractivity contribution in [3.8, 4) is 24.7 Å². The molecular formula is C17H14N2O2. The summed E-state index contributed by atoms with van der Waals surface area (Å²) in [5.74, 6) is 4.75. The molecule has 0 aliphatic rings. The van der Waals surface area contributed by atoms with Crippen molar-refractivity contribution in [3.05, 3.63) is 36.0 Å². The lowest BCUT2D eigenvalue weighted by molar-refractivity contribution is 0.0600. The van der Waals surface area contributed by atoms with Crippen molar-refractivity contribution >= 4 is 22.6 Å². The number of methoxy groups -OCH3 is 1. The second-order valence-corrected chi connectivity index (χ2v) is 4.36. The van der Waals surface area contributed by atoms with Crippen molar-refractivity contribution in [2.75, 3.05) is 25.1 Å². The first kappa shape index (κ1) is 14.4. The van der Waals surface area contributed by atoms with E-state index in [2.05, 4.69) is 21.6 Å². The van der Waals surface area contributed by atoms with Gasteiger partial charge in [-0.15, -0.1) is 12.8 Å². The Bertz CT molecular complexity index is 737. The van der Waals surface area contributed by atoms with Crippen LogP contribution in [0.5, 0.6) is 0 Å². The third-order valence-corrected chi connectivity index (χ3v) is 3.02. The van der Waals surface area contributed by atoms with Crippen LogP contribution in [-0.2, 0) is 4.74 Å². The van der Waals surface area contributed by atoms with Crippen LogP contribution in [0.25, 0.3) is 10.9 Å². The van der Waals surface area contributed by atoms with Gasteiger partial charge in [-0.25, -0.2) is 4.79 Å². The summed E-state index contributed by atoms with van der Waals surface area (Å²) in [6.07, 6.45) is 12.2. The Labute approximate surface area is 123 Å². The van der Waals surface area contributed by atoms with Crippen LogP contribution in [0.3, 0.4) is 0 Å². The van der Waals surface area contributed by atoms with E-state index in [1.54, 1.807) is 6.07 Å². The monoisotopic (exact) mass is 278 g/mol. The third-order valence-electron chi connectivity index (χ3n) is 3.02. The van der Waals surface area contributed by atoms with Gasteiger partial charge >= 0.3 is 5.97 Å². The molecule has 1 heterocycles. The maximum absolute atomic E-state index is 11.5. The van der Waals surface area contributed by atoms with Gasteiger partial charge in [0.1, 0.15) is 0 Å². The summed E-state index contributed by atoms with van der Waals surface area (Å²) < 4.78 is 4.68. The lowest BCUT2D eigenvalue weighted by Crippen LogP contribution is -2.23. The number of fused-ring (bicyclic) bond motifs is 1. The lowest BCUT2D eigenvalue weighted by Gasteiger charge is -2.19. The molecule has 4 nitrogen and oxygen atoms in total. The quantitative estimate of drug-likeness (QED) is 0.634. The predicted octanol–water partition coefficient (Wildman–Crippen LogP) is 2.09. The molecule has 0 aliphatic carbocycles. The van der Waals surface area contributed by atoms with Gasteiger partial charge in [0.05, 0.1) is 31.3 Å². The van der Waals surface area contributed by atoms with Crippen LogP contribution in [0, 0.1) is 24.7 Å². The van der Waals surface area contributed by atoms with Gasteiger partial charge in [-0.2, -0.15) is 0 Å². The average molecular weight is 278 g/mol. The molecule has 0 bridgehead atoms. The highest BCUT2D eigenvalue weighted by Crippen LogP contribution is 2.21. The molecule has 2 rings (SSSR count). The molecule has 1 aromatic heterocycles. The van der Waals surface area contributed by atoms with Gasteiger partial charge in [0.15, 0.2) is 0 Å². The Morgan fingerprint density at radius 1 is 1.29 bits per heavy atom. The summed E-state index contributed by atoms with van der Waals surface area (Å²) in [7, 11) is 1.34. The van der Waals surface area contributed by atoms with E-state index in [9.17, 15) is 4.79 Å². The van der Waals surface area contributed by atoms with Crippen LogP contribution >= 0.6 is 0 Å². The molecule has 0 unspecified atom stereocenters. The molecule has 0 radical (unpaired) electrons. The van der Waals surface area contributed by atoms with Crippen LogP contribution in [0.1, 0.15) is 10.4 Å².